The molecule has 0 saturated carbocycles. The van der Waals surface area contributed by atoms with Gasteiger partial charge in [-0.3, -0.25) is 4.79 Å². The first-order valence-electron chi connectivity index (χ1n) is 8.29. The van der Waals surface area contributed by atoms with Gasteiger partial charge in [0.2, 0.25) is 5.91 Å². The number of alkyl halides is 1. The van der Waals surface area contributed by atoms with Crippen molar-refractivity contribution in [3.8, 4) is 0 Å². The van der Waals surface area contributed by atoms with Gasteiger partial charge in [0, 0.05) is 25.5 Å². The van der Waals surface area contributed by atoms with E-state index in [4.69, 9.17) is 11.6 Å². The van der Waals surface area contributed by atoms with Crippen molar-refractivity contribution in [2.24, 2.45) is 0 Å². The maximum Gasteiger partial charge on any atom is 0.248 e. The molecule has 1 fully saturated rings. The van der Waals surface area contributed by atoms with Crippen LogP contribution in [0.2, 0.25) is 0 Å². The average Bonchev–Trinajstić information content (AvgIpc) is 2.65. The van der Waals surface area contributed by atoms with Gasteiger partial charge in [0.25, 0.3) is 0 Å². The second kappa shape index (κ2) is 6.08. The van der Waals surface area contributed by atoms with E-state index in [1.165, 1.54) is 0 Å². The van der Waals surface area contributed by atoms with E-state index in [2.05, 4.69) is 47.4 Å². The highest BCUT2D eigenvalue weighted by molar-refractivity contribution is 6.37. The lowest BCUT2D eigenvalue weighted by Crippen LogP contribution is -2.56. The van der Waals surface area contributed by atoms with Crippen molar-refractivity contribution in [2.45, 2.75) is 11.4 Å². The van der Waals surface area contributed by atoms with Crippen LogP contribution in [-0.4, -0.2) is 25.4 Å². The molecule has 4 heteroatoms. The first-order chi connectivity index (χ1) is 12.1. The summed E-state index contributed by atoms with van der Waals surface area (Å²) in [6, 6.07) is 22.3. The fourth-order valence-corrected chi connectivity index (χ4v) is 3.72. The van der Waals surface area contributed by atoms with Crippen molar-refractivity contribution < 1.29 is 4.79 Å². The normalized spacial score (nSPS) is 19.8. The molecule has 3 nitrogen and oxygen atoms in total. The minimum absolute atomic E-state index is 0.0429. The SMILES string of the molecule is CN(C)c1ccc(C2C(Cl)C(=O)N2c2ccc3ccccc3c2)cc1. The second-order valence-electron chi connectivity index (χ2n) is 6.57. The number of amides is 1. The quantitative estimate of drug-likeness (QED) is 0.509. The lowest BCUT2D eigenvalue weighted by molar-refractivity contribution is -0.123. The Kier molecular flexibility index (Phi) is 3.89. The van der Waals surface area contributed by atoms with Crippen LogP contribution in [0.3, 0.4) is 0 Å². The first kappa shape index (κ1) is 16.0. The second-order valence-corrected chi connectivity index (χ2v) is 7.04. The van der Waals surface area contributed by atoms with Crippen molar-refractivity contribution in [3.05, 3.63) is 72.3 Å². The molecule has 0 radical (unpaired) electrons. The monoisotopic (exact) mass is 350 g/mol. The van der Waals surface area contributed by atoms with Crippen LogP contribution in [0.15, 0.2) is 66.7 Å². The molecule has 3 aromatic carbocycles. The average molecular weight is 351 g/mol. The Balaban J connectivity index is 1.70. The van der Waals surface area contributed by atoms with E-state index >= 15 is 0 Å². The number of carbonyl (C=O) groups excluding carboxylic acids is 1. The lowest BCUT2D eigenvalue weighted by Gasteiger charge is -2.44. The largest absolute Gasteiger partial charge is 0.378 e. The highest BCUT2D eigenvalue weighted by Gasteiger charge is 2.47. The molecule has 1 amide bonds. The van der Waals surface area contributed by atoms with Crippen LogP contribution >= 0.6 is 11.6 Å². The van der Waals surface area contributed by atoms with E-state index in [1.807, 2.05) is 38.4 Å². The summed E-state index contributed by atoms with van der Waals surface area (Å²) in [4.78, 5) is 16.3. The number of fused-ring (bicyclic) bond motifs is 1. The fourth-order valence-electron chi connectivity index (χ4n) is 3.36. The van der Waals surface area contributed by atoms with Gasteiger partial charge in [-0.2, -0.15) is 0 Å². The van der Waals surface area contributed by atoms with Crippen LogP contribution < -0.4 is 9.80 Å². The smallest absolute Gasteiger partial charge is 0.248 e. The number of halogens is 1. The van der Waals surface area contributed by atoms with E-state index in [9.17, 15) is 4.79 Å². The number of carbonyl (C=O) groups is 1. The van der Waals surface area contributed by atoms with Gasteiger partial charge in [-0.1, -0.05) is 42.5 Å². The fraction of sp³-hybridized carbons (Fsp3) is 0.190. The van der Waals surface area contributed by atoms with Crippen molar-refractivity contribution in [2.75, 3.05) is 23.9 Å². The third kappa shape index (κ3) is 2.65. The maximum atomic E-state index is 12.4. The molecule has 1 saturated heterocycles. The van der Waals surface area contributed by atoms with Gasteiger partial charge in [-0.15, -0.1) is 11.6 Å². The molecule has 0 aliphatic carbocycles. The summed E-state index contributed by atoms with van der Waals surface area (Å²) in [5, 5.41) is 1.76. The van der Waals surface area contributed by atoms with Gasteiger partial charge in [-0.25, -0.2) is 0 Å². The molecular formula is C21H19ClN2O. The number of hydrogen-bond donors (Lipinski definition) is 0. The van der Waals surface area contributed by atoms with Gasteiger partial charge in [0.05, 0.1) is 6.04 Å². The highest BCUT2D eigenvalue weighted by atomic mass is 35.5. The number of β-lactam (4-membered cyclic amide) rings is 1. The molecule has 1 aliphatic heterocycles. The van der Waals surface area contributed by atoms with Crippen molar-refractivity contribution in [1.82, 2.24) is 0 Å². The predicted octanol–water partition coefficient (Wildman–Crippen LogP) is 4.60. The number of rotatable bonds is 3. The van der Waals surface area contributed by atoms with Crippen molar-refractivity contribution in [1.29, 1.82) is 0 Å². The molecule has 1 heterocycles. The molecule has 0 bridgehead atoms. The minimum atomic E-state index is -0.517. The van der Waals surface area contributed by atoms with Gasteiger partial charge >= 0.3 is 0 Å². The Hall–Kier alpha value is -2.52. The Bertz CT molecular complexity index is 936. The summed E-state index contributed by atoms with van der Waals surface area (Å²) >= 11 is 6.36. The van der Waals surface area contributed by atoms with E-state index in [0.29, 0.717) is 0 Å². The first-order valence-corrected chi connectivity index (χ1v) is 8.73. The number of anilines is 2. The van der Waals surface area contributed by atoms with E-state index in [-0.39, 0.29) is 11.9 Å². The van der Waals surface area contributed by atoms with E-state index in [1.54, 1.807) is 4.90 Å². The maximum absolute atomic E-state index is 12.4. The van der Waals surface area contributed by atoms with Gasteiger partial charge in [-0.05, 0) is 40.6 Å². The Labute approximate surface area is 152 Å². The number of nitrogens with zero attached hydrogens (tertiary/aromatic N) is 2. The standard InChI is InChI=1S/C21H19ClN2O/c1-23(2)17-10-8-15(9-11-17)20-19(22)21(25)24(20)18-12-7-14-5-3-4-6-16(14)13-18/h3-13,19-20H,1-2H3. The lowest BCUT2D eigenvalue weighted by atomic mass is 9.91. The zero-order chi connectivity index (χ0) is 17.6. The van der Waals surface area contributed by atoms with Crippen molar-refractivity contribution in [3.63, 3.8) is 0 Å². The molecule has 0 spiro atoms. The molecule has 1 aliphatic rings. The minimum Gasteiger partial charge on any atom is -0.378 e. The van der Waals surface area contributed by atoms with Gasteiger partial charge in [0.15, 0.2) is 0 Å². The molecule has 2 unspecified atom stereocenters. The summed E-state index contributed by atoms with van der Waals surface area (Å²) in [5.74, 6) is -0.0429. The van der Waals surface area contributed by atoms with Crippen LogP contribution in [0.1, 0.15) is 11.6 Å². The molecule has 126 valence electrons. The van der Waals surface area contributed by atoms with Crippen LogP contribution in [0.5, 0.6) is 0 Å². The van der Waals surface area contributed by atoms with Crippen LogP contribution in [0.4, 0.5) is 11.4 Å². The van der Waals surface area contributed by atoms with Crippen LogP contribution in [0, 0.1) is 0 Å². The number of hydrogen-bond acceptors (Lipinski definition) is 2. The predicted molar refractivity (Wildman–Crippen MR) is 105 cm³/mol. The molecule has 0 N–H and O–H groups in total. The Morgan fingerprint density at radius 3 is 2.28 bits per heavy atom. The third-order valence-electron chi connectivity index (χ3n) is 4.79. The zero-order valence-corrected chi connectivity index (χ0v) is 14.9. The zero-order valence-electron chi connectivity index (χ0n) is 14.2. The van der Waals surface area contributed by atoms with Crippen LogP contribution in [0.25, 0.3) is 10.8 Å². The molecule has 4 rings (SSSR count). The topological polar surface area (TPSA) is 23.6 Å². The van der Waals surface area contributed by atoms with Gasteiger partial charge < -0.3 is 9.80 Å². The summed E-state index contributed by atoms with van der Waals surface area (Å²) in [7, 11) is 4.02. The summed E-state index contributed by atoms with van der Waals surface area (Å²) in [6.07, 6.45) is 0. The molecule has 3 aromatic rings. The summed E-state index contributed by atoms with van der Waals surface area (Å²) in [5.41, 5.74) is 3.07. The Morgan fingerprint density at radius 1 is 0.920 bits per heavy atom. The summed E-state index contributed by atoms with van der Waals surface area (Å²) < 4.78 is 0. The molecular weight excluding hydrogens is 332 g/mol. The van der Waals surface area contributed by atoms with Crippen LogP contribution in [-0.2, 0) is 4.79 Å². The molecule has 2 atom stereocenters. The number of benzene rings is 3. The summed E-state index contributed by atoms with van der Waals surface area (Å²) in [6.45, 7) is 0. The molecule has 0 aromatic heterocycles. The molecule has 25 heavy (non-hydrogen) atoms. The highest BCUT2D eigenvalue weighted by Crippen LogP contribution is 2.43. The third-order valence-corrected chi connectivity index (χ3v) is 5.22. The Morgan fingerprint density at radius 2 is 1.60 bits per heavy atom. The van der Waals surface area contributed by atoms with Gasteiger partial charge in [0.1, 0.15) is 5.38 Å². The van der Waals surface area contributed by atoms with Crippen molar-refractivity contribution >= 4 is 39.7 Å². The van der Waals surface area contributed by atoms with E-state index < -0.39 is 5.38 Å². The van der Waals surface area contributed by atoms with E-state index in [0.717, 1.165) is 27.7 Å².